The van der Waals surface area contributed by atoms with E-state index in [2.05, 4.69) is 20.5 Å². The van der Waals surface area contributed by atoms with Crippen molar-refractivity contribution in [2.24, 2.45) is 0 Å². The molecule has 108 valence electrons. The van der Waals surface area contributed by atoms with Crippen molar-refractivity contribution >= 4 is 0 Å². The van der Waals surface area contributed by atoms with Crippen LogP contribution in [-0.2, 0) is 19.6 Å². The van der Waals surface area contributed by atoms with Gasteiger partial charge in [-0.2, -0.15) is 0 Å². The molecule has 0 fully saturated rings. The lowest BCUT2D eigenvalue weighted by molar-refractivity contribution is 0.299. The summed E-state index contributed by atoms with van der Waals surface area (Å²) in [6, 6.07) is 6.86. The predicted molar refractivity (Wildman–Crippen MR) is 75.5 cm³/mol. The third-order valence-electron chi connectivity index (χ3n) is 3.05. The van der Waals surface area contributed by atoms with Gasteiger partial charge in [0.25, 0.3) is 0 Å². The highest BCUT2D eigenvalue weighted by Crippen LogP contribution is 2.08. The van der Waals surface area contributed by atoms with Gasteiger partial charge < -0.3 is 10.2 Å². The molecule has 1 N–H and O–H groups in total. The fraction of sp³-hybridized carbons (Fsp3) is 0.429. The molecule has 0 bridgehead atoms. The topological polar surface area (TPSA) is 46.0 Å². The predicted octanol–water partition coefficient (Wildman–Crippen LogP) is 1.27. The van der Waals surface area contributed by atoms with E-state index in [4.69, 9.17) is 0 Å². The molecule has 0 aliphatic rings. The van der Waals surface area contributed by atoms with Gasteiger partial charge in [-0.25, -0.2) is 4.39 Å². The van der Waals surface area contributed by atoms with Crippen LogP contribution in [0.4, 0.5) is 4.39 Å². The second kappa shape index (κ2) is 7.12. The maximum atomic E-state index is 13.5. The van der Waals surface area contributed by atoms with Crippen LogP contribution in [-0.4, -0.2) is 40.5 Å². The van der Waals surface area contributed by atoms with E-state index in [1.54, 1.807) is 6.07 Å². The largest absolute Gasteiger partial charge is 0.314 e. The Hall–Kier alpha value is -1.79. The third-order valence-corrected chi connectivity index (χ3v) is 3.05. The van der Waals surface area contributed by atoms with Crippen molar-refractivity contribution in [2.45, 2.75) is 19.6 Å². The lowest BCUT2D eigenvalue weighted by Crippen LogP contribution is -2.23. The van der Waals surface area contributed by atoms with Gasteiger partial charge in [0.1, 0.15) is 5.82 Å². The smallest absolute Gasteiger partial charge is 0.127 e. The minimum atomic E-state index is -0.156. The van der Waals surface area contributed by atoms with Gasteiger partial charge in [0.15, 0.2) is 0 Å². The molecule has 0 aliphatic heterocycles. The number of hydrogen-bond donors (Lipinski definition) is 1. The zero-order valence-electron chi connectivity index (χ0n) is 11.9. The Morgan fingerprint density at radius 1 is 1.35 bits per heavy atom. The van der Waals surface area contributed by atoms with Crippen LogP contribution in [0, 0.1) is 5.82 Å². The first-order valence-electron chi connectivity index (χ1n) is 6.64. The van der Waals surface area contributed by atoms with E-state index >= 15 is 0 Å². The number of aromatic nitrogens is 3. The summed E-state index contributed by atoms with van der Waals surface area (Å²) >= 11 is 0. The van der Waals surface area contributed by atoms with Crippen molar-refractivity contribution in [3.8, 4) is 0 Å². The van der Waals surface area contributed by atoms with Crippen LogP contribution < -0.4 is 5.32 Å². The summed E-state index contributed by atoms with van der Waals surface area (Å²) < 4.78 is 15.4. The summed E-state index contributed by atoms with van der Waals surface area (Å²) in [4.78, 5) is 2.07. The first-order valence-corrected chi connectivity index (χ1v) is 6.64. The van der Waals surface area contributed by atoms with Crippen LogP contribution in [0.5, 0.6) is 0 Å². The Labute approximate surface area is 118 Å². The fourth-order valence-corrected chi connectivity index (χ4v) is 1.98. The zero-order valence-corrected chi connectivity index (χ0v) is 11.9. The first-order chi connectivity index (χ1) is 9.69. The summed E-state index contributed by atoms with van der Waals surface area (Å²) in [7, 11) is 3.85. The van der Waals surface area contributed by atoms with E-state index < -0.39 is 0 Å². The standard InChI is InChI=1S/C14H20FN5/c1-16-9-13-11-20(18-17-13)8-7-19(2)10-12-5-3-4-6-14(12)15/h3-6,11,16H,7-10H2,1-2H3. The first kappa shape index (κ1) is 14.6. The highest BCUT2D eigenvalue weighted by Gasteiger charge is 2.06. The van der Waals surface area contributed by atoms with Gasteiger partial charge in [0.05, 0.1) is 12.2 Å². The molecule has 0 aliphatic carbocycles. The highest BCUT2D eigenvalue weighted by atomic mass is 19.1. The van der Waals surface area contributed by atoms with Gasteiger partial charge >= 0.3 is 0 Å². The lowest BCUT2D eigenvalue weighted by Gasteiger charge is -2.16. The van der Waals surface area contributed by atoms with Crippen molar-refractivity contribution in [3.05, 3.63) is 47.5 Å². The van der Waals surface area contributed by atoms with Crippen molar-refractivity contribution in [3.63, 3.8) is 0 Å². The highest BCUT2D eigenvalue weighted by molar-refractivity contribution is 5.16. The van der Waals surface area contributed by atoms with Gasteiger partial charge in [-0.1, -0.05) is 23.4 Å². The van der Waals surface area contributed by atoms with Gasteiger partial charge in [-0.05, 0) is 20.2 Å². The van der Waals surface area contributed by atoms with E-state index in [0.717, 1.165) is 18.8 Å². The molecule has 1 aromatic heterocycles. The Morgan fingerprint density at radius 3 is 2.90 bits per heavy atom. The molecular weight excluding hydrogens is 257 g/mol. The maximum absolute atomic E-state index is 13.5. The average Bonchev–Trinajstić information content (AvgIpc) is 2.87. The van der Waals surface area contributed by atoms with E-state index in [9.17, 15) is 4.39 Å². The molecule has 2 rings (SSSR count). The zero-order chi connectivity index (χ0) is 14.4. The molecule has 5 nitrogen and oxygen atoms in total. The molecule has 0 radical (unpaired) electrons. The Balaban J connectivity index is 1.82. The van der Waals surface area contributed by atoms with Crippen molar-refractivity contribution in [1.29, 1.82) is 0 Å². The van der Waals surface area contributed by atoms with E-state index in [1.807, 2.05) is 37.1 Å². The van der Waals surface area contributed by atoms with Crippen LogP contribution >= 0.6 is 0 Å². The molecule has 0 saturated heterocycles. The summed E-state index contributed by atoms with van der Waals surface area (Å²) in [5, 5.41) is 11.1. The van der Waals surface area contributed by atoms with Crippen LogP contribution in [0.2, 0.25) is 0 Å². The molecule has 6 heteroatoms. The van der Waals surface area contributed by atoms with Crippen molar-refractivity contribution < 1.29 is 4.39 Å². The summed E-state index contributed by atoms with van der Waals surface area (Å²) in [6.45, 7) is 2.83. The maximum Gasteiger partial charge on any atom is 0.127 e. The van der Waals surface area contributed by atoms with Crippen LogP contribution in [0.25, 0.3) is 0 Å². The molecule has 20 heavy (non-hydrogen) atoms. The number of nitrogens with one attached hydrogen (secondary N) is 1. The molecule has 0 amide bonds. The Kier molecular flexibility index (Phi) is 5.20. The van der Waals surface area contributed by atoms with Crippen molar-refractivity contribution in [1.82, 2.24) is 25.2 Å². The van der Waals surface area contributed by atoms with E-state index in [0.29, 0.717) is 18.7 Å². The van der Waals surface area contributed by atoms with Crippen molar-refractivity contribution in [2.75, 3.05) is 20.6 Å². The van der Waals surface area contributed by atoms with Gasteiger partial charge in [-0.3, -0.25) is 4.68 Å². The Morgan fingerprint density at radius 2 is 2.15 bits per heavy atom. The quantitative estimate of drug-likeness (QED) is 0.828. The van der Waals surface area contributed by atoms with Crippen LogP contribution in [0.1, 0.15) is 11.3 Å². The Bertz CT molecular complexity index is 540. The van der Waals surface area contributed by atoms with E-state index in [1.165, 1.54) is 6.07 Å². The number of benzene rings is 1. The summed E-state index contributed by atoms with van der Waals surface area (Å²) in [5.74, 6) is -0.156. The minimum Gasteiger partial charge on any atom is -0.314 e. The lowest BCUT2D eigenvalue weighted by atomic mass is 10.2. The van der Waals surface area contributed by atoms with Gasteiger partial charge in [-0.15, -0.1) is 5.10 Å². The average molecular weight is 277 g/mol. The van der Waals surface area contributed by atoms with Gasteiger partial charge in [0, 0.05) is 31.4 Å². The van der Waals surface area contributed by atoms with Gasteiger partial charge in [0.2, 0.25) is 0 Å². The summed E-state index contributed by atoms with van der Waals surface area (Å²) in [6.07, 6.45) is 1.92. The number of rotatable bonds is 7. The molecule has 2 aromatic rings. The SMILES string of the molecule is CNCc1cn(CCN(C)Cc2ccccc2F)nn1. The number of halogens is 1. The second-order valence-electron chi connectivity index (χ2n) is 4.83. The molecule has 0 spiro atoms. The molecule has 0 atom stereocenters. The minimum absolute atomic E-state index is 0.156. The molecule has 0 saturated carbocycles. The fourth-order valence-electron chi connectivity index (χ4n) is 1.98. The molecule has 1 heterocycles. The van der Waals surface area contributed by atoms with Crippen LogP contribution in [0.3, 0.4) is 0 Å². The number of nitrogens with zero attached hydrogens (tertiary/aromatic N) is 4. The summed E-state index contributed by atoms with van der Waals surface area (Å²) in [5.41, 5.74) is 1.63. The molecular formula is C14H20FN5. The number of hydrogen-bond acceptors (Lipinski definition) is 4. The molecule has 0 unspecified atom stereocenters. The molecule has 1 aromatic carbocycles. The normalized spacial score (nSPS) is 11.2. The van der Waals surface area contributed by atoms with Crippen LogP contribution in [0.15, 0.2) is 30.5 Å². The second-order valence-corrected chi connectivity index (χ2v) is 4.83. The monoisotopic (exact) mass is 277 g/mol. The third kappa shape index (κ3) is 4.11. The number of likely N-dealkylation sites (N-methyl/N-ethyl adjacent to an activating group) is 1. The van der Waals surface area contributed by atoms with E-state index in [-0.39, 0.29) is 5.82 Å².